The maximum atomic E-state index is 5.23. The van der Waals surface area contributed by atoms with Gasteiger partial charge in [-0.3, -0.25) is 5.32 Å². The van der Waals surface area contributed by atoms with E-state index in [1.54, 1.807) is 0 Å². The molecule has 1 N–H and O–H groups in total. The largest absolute Gasteiger partial charge is 0.495 e. The molecule has 1 atom stereocenters. The molecule has 0 aromatic heterocycles. The molecular weight excluding hydrogens is 130 g/mol. The predicted octanol–water partition coefficient (Wildman–Crippen LogP) is 0.482. The highest BCUT2D eigenvalue weighted by Crippen LogP contribution is 2.06. The fraction of sp³-hybridized carbons (Fsp3) is 0.714. The highest BCUT2D eigenvalue weighted by atomic mass is 16.6. The Morgan fingerprint density at radius 3 is 3.20 bits per heavy atom. The molecule has 1 fully saturated rings. The van der Waals surface area contributed by atoms with Crippen LogP contribution in [0.2, 0.25) is 0 Å². The summed E-state index contributed by atoms with van der Waals surface area (Å²) in [6.07, 6.45) is -0.0834. The SMILES string of the molecule is C=C(OCC)C1NCCO1. The molecule has 1 rings (SSSR count). The van der Waals surface area contributed by atoms with Gasteiger partial charge in [-0.05, 0) is 6.92 Å². The molecule has 0 aromatic carbocycles. The molecule has 0 radical (unpaired) electrons. The lowest BCUT2D eigenvalue weighted by molar-refractivity contribution is 0.0674. The van der Waals surface area contributed by atoms with E-state index in [0.29, 0.717) is 12.4 Å². The lowest BCUT2D eigenvalue weighted by Crippen LogP contribution is -2.25. The van der Waals surface area contributed by atoms with Crippen molar-refractivity contribution in [2.24, 2.45) is 0 Å². The Morgan fingerprint density at radius 1 is 1.90 bits per heavy atom. The molecular formula is C7H13NO2. The first kappa shape index (κ1) is 7.57. The van der Waals surface area contributed by atoms with Gasteiger partial charge < -0.3 is 9.47 Å². The smallest absolute Gasteiger partial charge is 0.165 e. The molecule has 0 aromatic rings. The van der Waals surface area contributed by atoms with Crippen molar-refractivity contribution in [3.05, 3.63) is 12.3 Å². The molecule has 3 nitrogen and oxygen atoms in total. The zero-order chi connectivity index (χ0) is 7.40. The molecule has 1 aliphatic heterocycles. The summed E-state index contributed by atoms with van der Waals surface area (Å²) >= 11 is 0. The first-order valence-corrected chi connectivity index (χ1v) is 3.51. The van der Waals surface area contributed by atoms with Gasteiger partial charge in [-0.2, -0.15) is 0 Å². The minimum Gasteiger partial charge on any atom is -0.495 e. The maximum absolute atomic E-state index is 5.23. The van der Waals surface area contributed by atoms with Crippen molar-refractivity contribution in [3.8, 4) is 0 Å². The van der Waals surface area contributed by atoms with Crippen LogP contribution in [0.1, 0.15) is 6.92 Å². The van der Waals surface area contributed by atoms with Crippen molar-refractivity contribution in [2.75, 3.05) is 19.8 Å². The van der Waals surface area contributed by atoms with Gasteiger partial charge in [0, 0.05) is 6.54 Å². The second kappa shape index (κ2) is 3.58. The molecule has 1 heterocycles. The second-order valence-electron chi connectivity index (χ2n) is 2.10. The molecule has 0 aliphatic carbocycles. The van der Waals surface area contributed by atoms with Crippen LogP contribution in [-0.2, 0) is 9.47 Å². The van der Waals surface area contributed by atoms with Crippen LogP contribution in [0.4, 0.5) is 0 Å². The van der Waals surface area contributed by atoms with Crippen LogP contribution in [0.3, 0.4) is 0 Å². The van der Waals surface area contributed by atoms with Crippen molar-refractivity contribution >= 4 is 0 Å². The highest BCUT2D eigenvalue weighted by Gasteiger charge is 2.17. The van der Waals surface area contributed by atoms with Gasteiger partial charge in [-0.1, -0.05) is 6.58 Å². The van der Waals surface area contributed by atoms with Crippen LogP contribution >= 0.6 is 0 Å². The highest BCUT2D eigenvalue weighted by molar-refractivity contribution is 4.93. The second-order valence-corrected chi connectivity index (χ2v) is 2.10. The lowest BCUT2D eigenvalue weighted by Gasteiger charge is -2.12. The number of hydrogen-bond donors (Lipinski definition) is 1. The van der Waals surface area contributed by atoms with Gasteiger partial charge in [0.25, 0.3) is 0 Å². The summed E-state index contributed by atoms with van der Waals surface area (Å²) in [7, 11) is 0. The summed E-state index contributed by atoms with van der Waals surface area (Å²) in [6, 6.07) is 0. The van der Waals surface area contributed by atoms with Crippen LogP contribution < -0.4 is 5.32 Å². The third-order valence-electron chi connectivity index (χ3n) is 1.34. The minimum absolute atomic E-state index is 0.0834. The number of rotatable bonds is 3. The van der Waals surface area contributed by atoms with Crippen molar-refractivity contribution < 1.29 is 9.47 Å². The van der Waals surface area contributed by atoms with Gasteiger partial charge >= 0.3 is 0 Å². The number of nitrogens with one attached hydrogen (secondary N) is 1. The fourth-order valence-corrected chi connectivity index (χ4v) is 0.894. The average Bonchev–Trinajstić information content (AvgIpc) is 2.38. The van der Waals surface area contributed by atoms with E-state index in [0.717, 1.165) is 13.2 Å². The third-order valence-corrected chi connectivity index (χ3v) is 1.34. The molecule has 0 bridgehead atoms. The van der Waals surface area contributed by atoms with E-state index in [-0.39, 0.29) is 6.23 Å². The lowest BCUT2D eigenvalue weighted by atomic mass is 10.5. The molecule has 0 amide bonds. The first-order valence-electron chi connectivity index (χ1n) is 3.51. The van der Waals surface area contributed by atoms with Crippen LogP contribution in [-0.4, -0.2) is 26.0 Å². The van der Waals surface area contributed by atoms with Crippen molar-refractivity contribution in [2.45, 2.75) is 13.2 Å². The average molecular weight is 143 g/mol. The normalized spacial score (nSPS) is 24.7. The quantitative estimate of drug-likeness (QED) is 0.583. The van der Waals surface area contributed by atoms with Gasteiger partial charge in [0.2, 0.25) is 0 Å². The zero-order valence-electron chi connectivity index (χ0n) is 6.22. The van der Waals surface area contributed by atoms with E-state index in [9.17, 15) is 0 Å². The number of hydrogen-bond acceptors (Lipinski definition) is 3. The molecule has 1 saturated heterocycles. The summed E-state index contributed by atoms with van der Waals surface area (Å²) in [6.45, 7) is 7.93. The van der Waals surface area contributed by atoms with Crippen molar-refractivity contribution in [1.82, 2.24) is 5.32 Å². The maximum Gasteiger partial charge on any atom is 0.165 e. The number of ether oxygens (including phenoxy) is 2. The summed E-state index contributed by atoms with van der Waals surface area (Å²) in [5, 5.41) is 3.09. The Morgan fingerprint density at radius 2 is 2.70 bits per heavy atom. The standard InChI is InChI=1S/C7H13NO2/c1-3-9-6(2)7-8-4-5-10-7/h7-8H,2-5H2,1H3. The molecule has 58 valence electrons. The molecule has 3 heteroatoms. The summed E-state index contributed by atoms with van der Waals surface area (Å²) in [5.74, 6) is 0.681. The van der Waals surface area contributed by atoms with Gasteiger partial charge in [-0.15, -0.1) is 0 Å². The Balaban J connectivity index is 2.25. The summed E-state index contributed by atoms with van der Waals surface area (Å²) in [5.41, 5.74) is 0. The molecule has 1 unspecified atom stereocenters. The van der Waals surface area contributed by atoms with Gasteiger partial charge in [0.15, 0.2) is 6.23 Å². The molecule has 1 aliphatic rings. The Kier molecular flexibility index (Phi) is 2.71. The van der Waals surface area contributed by atoms with Crippen LogP contribution in [0, 0.1) is 0 Å². The summed E-state index contributed by atoms with van der Waals surface area (Å²) in [4.78, 5) is 0. The van der Waals surface area contributed by atoms with Crippen LogP contribution in [0.25, 0.3) is 0 Å². The van der Waals surface area contributed by atoms with Gasteiger partial charge in [-0.25, -0.2) is 0 Å². The van der Waals surface area contributed by atoms with E-state index in [1.165, 1.54) is 0 Å². The van der Waals surface area contributed by atoms with Crippen LogP contribution in [0.15, 0.2) is 12.3 Å². The summed E-state index contributed by atoms with van der Waals surface area (Å²) < 4.78 is 10.4. The van der Waals surface area contributed by atoms with E-state index < -0.39 is 0 Å². The van der Waals surface area contributed by atoms with Crippen molar-refractivity contribution in [3.63, 3.8) is 0 Å². The van der Waals surface area contributed by atoms with E-state index >= 15 is 0 Å². The monoisotopic (exact) mass is 143 g/mol. The molecule has 0 spiro atoms. The third kappa shape index (κ3) is 1.72. The fourth-order valence-electron chi connectivity index (χ4n) is 0.894. The van der Waals surface area contributed by atoms with Gasteiger partial charge in [0.1, 0.15) is 5.76 Å². The first-order chi connectivity index (χ1) is 4.84. The minimum atomic E-state index is -0.0834. The van der Waals surface area contributed by atoms with Gasteiger partial charge in [0.05, 0.1) is 13.2 Å². The zero-order valence-corrected chi connectivity index (χ0v) is 6.22. The Bertz CT molecular complexity index is 119. The van der Waals surface area contributed by atoms with E-state index in [1.807, 2.05) is 6.92 Å². The van der Waals surface area contributed by atoms with Crippen molar-refractivity contribution in [1.29, 1.82) is 0 Å². The van der Waals surface area contributed by atoms with E-state index in [2.05, 4.69) is 11.9 Å². The van der Waals surface area contributed by atoms with Crippen LogP contribution in [0.5, 0.6) is 0 Å². The topological polar surface area (TPSA) is 30.5 Å². The van der Waals surface area contributed by atoms with E-state index in [4.69, 9.17) is 9.47 Å². The Hall–Kier alpha value is -0.540. The predicted molar refractivity (Wildman–Crippen MR) is 38.5 cm³/mol. The molecule has 10 heavy (non-hydrogen) atoms. The molecule has 0 saturated carbocycles. The Labute approximate surface area is 61.0 Å².